The summed E-state index contributed by atoms with van der Waals surface area (Å²) in [6.45, 7) is 4.15. The monoisotopic (exact) mass is 321 g/mol. The van der Waals surface area contributed by atoms with Crippen molar-refractivity contribution in [3.8, 4) is 0 Å². The maximum absolute atomic E-state index is 12.5. The molecule has 118 valence electrons. The van der Waals surface area contributed by atoms with Crippen LogP contribution < -0.4 is 0 Å². The number of ether oxygens (including phenoxy) is 2. The minimum absolute atomic E-state index is 0.0956. The van der Waals surface area contributed by atoms with Gasteiger partial charge in [0.1, 0.15) is 18.0 Å². The highest BCUT2D eigenvalue weighted by molar-refractivity contribution is 8.01. The van der Waals surface area contributed by atoms with Gasteiger partial charge in [0, 0.05) is 11.9 Å². The molecule has 0 aromatic heterocycles. The number of amides is 1. The van der Waals surface area contributed by atoms with Gasteiger partial charge in [-0.1, -0.05) is 30.3 Å². The molecule has 2 fully saturated rings. The van der Waals surface area contributed by atoms with Crippen LogP contribution in [-0.4, -0.2) is 46.2 Å². The van der Waals surface area contributed by atoms with Gasteiger partial charge in [-0.2, -0.15) is 0 Å². The van der Waals surface area contributed by atoms with Crippen LogP contribution in [0.4, 0.5) is 0 Å². The summed E-state index contributed by atoms with van der Waals surface area (Å²) < 4.78 is 10.2. The van der Waals surface area contributed by atoms with Gasteiger partial charge in [-0.05, 0) is 19.4 Å². The van der Waals surface area contributed by atoms with Gasteiger partial charge in [-0.3, -0.25) is 4.79 Å². The van der Waals surface area contributed by atoms with Gasteiger partial charge in [-0.15, -0.1) is 11.8 Å². The molecule has 2 aliphatic rings. The van der Waals surface area contributed by atoms with E-state index in [1.807, 2.05) is 44.2 Å². The normalized spacial score (nSPS) is 29.0. The van der Waals surface area contributed by atoms with E-state index in [0.29, 0.717) is 0 Å². The fourth-order valence-corrected chi connectivity index (χ4v) is 4.64. The van der Waals surface area contributed by atoms with Crippen LogP contribution in [0.2, 0.25) is 0 Å². The number of hydrogen-bond donors (Lipinski definition) is 0. The maximum Gasteiger partial charge on any atom is 0.330 e. The van der Waals surface area contributed by atoms with E-state index in [1.54, 1.807) is 16.7 Å². The van der Waals surface area contributed by atoms with Crippen molar-refractivity contribution in [3.63, 3.8) is 0 Å². The average Bonchev–Trinajstić information content (AvgIpc) is 2.74. The number of β-lactam (4-membered cyclic amide) rings is 1. The van der Waals surface area contributed by atoms with Crippen molar-refractivity contribution >= 4 is 23.6 Å². The molecule has 3 atom stereocenters. The first-order valence-electron chi connectivity index (χ1n) is 7.19. The van der Waals surface area contributed by atoms with Crippen LogP contribution in [-0.2, 0) is 25.7 Å². The van der Waals surface area contributed by atoms with Crippen molar-refractivity contribution in [2.75, 3.05) is 7.11 Å². The third-order valence-electron chi connectivity index (χ3n) is 4.09. The molecule has 5 nitrogen and oxygen atoms in total. The molecular weight excluding hydrogens is 302 g/mol. The Morgan fingerprint density at radius 1 is 1.32 bits per heavy atom. The Hall–Kier alpha value is -1.53. The molecule has 0 unspecified atom stereocenters. The number of rotatable bonds is 4. The van der Waals surface area contributed by atoms with Crippen LogP contribution in [0.1, 0.15) is 19.4 Å². The molecule has 2 saturated heterocycles. The largest absolute Gasteiger partial charge is 0.459 e. The van der Waals surface area contributed by atoms with E-state index in [2.05, 4.69) is 0 Å². The van der Waals surface area contributed by atoms with Crippen LogP contribution in [0, 0.1) is 0 Å². The van der Waals surface area contributed by atoms with Crippen molar-refractivity contribution in [2.45, 2.75) is 42.7 Å². The number of carbonyl (C=O) groups excluding carboxylic acids is 2. The third kappa shape index (κ3) is 2.40. The molecule has 0 bridgehead atoms. The van der Waals surface area contributed by atoms with Gasteiger partial charge in [0.2, 0.25) is 0 Å². The molecule has 3 rings (SSSR count). The second-order valence-corrected chi connectivity index (χ2v) is 7.78. The number of methoxy groups -OCH3 is 1. The van der Waals surface area contributed by atoms with Gasteiger partial charge < -0.3 is 14.4 Å². The van der Waals surface area contributed by atoms with Gasteiger partial charge in [0.25, 0.3) is 5.91 Å². The van der Waals surface area contributed by atoms with Crippen LogP contribution >= 0.6 is 11.8 Å². The number of carbonyl (C=O) groups is 2. The summed E-state index contributed by atoms with van der Waals surface area (Å²) in [7, 11) is 1.52. The summed E-state index contributed by atoms with van der Waals surface area (Å²) >= 11 is 1.59. The number of nitrogens with zero attached hydrogens (tertiary/aromatic N) is 1. The molecule has 22 heavy (non-hydrogen) atoms. The van der Waals surface area contributed by atoms with Crippen molar-refractivity contribution < 1.29 is 19.1 Å². The average molecular weight is 321 g/mol. The van der Waals surface area contributed by atoms with Crippen LogP contribution in [0.25, 0.3) is 0 Å². The number of fused-ring (bicyclic) bond motifs is 1. The molecule has 2 heterocycles. The van der Waals surface area contributed by atoms with Crippen molar-refractivity contribution in [3.05, 3.63) is 35.9 Å². The number of hydrogen-bond acceptors (Lipinski definition) is 5. The standard InChI is InChI=1S/C16H19NO4S/c1-16(2)12(17-13(18)11(20-3)14(17)22-16)15(19)21-9-10-7-5-4-6-8-10/h4-8,11-12,14H,9H2,1-3H3/t11-,12+,14-/m1/s1. The predicted molar refractivity (Wildman–Crippen MR) is 83.1 cm³/mol. The highest BCUT2D eigenvalue weighted by Gasteiger charge is 2.64. The highest BCUT2D eigenvalue weighted by atomic mass is 32.2. The molecule has 2 aliphatic heterocycles. The summed E-state index contributed by atoms with van der Waals surface area (Å²) in [5.74, 6) is -0.487. The lowest BCUT2D eigenvalue weighted by atomic mass is 9.97. The topological polar surface area (TPSA) is 55.8 Å². The fraction of sp³-hybridized carbons (Fsp3) is 0.500. The first-order valence-corrected chi connectivity index (χ1v) is 8.07. The van der Waals surface area contributed by atoms with Crippen molar-refractivity contribution in [1.29, 1.82) is 0 Å². The van der Waals surface area contributed by atoms with Gasteiger partial charge in [-0.25, -0.2) is 4.79 Å². The van der Waals surface area contributed by atoms with E-state index >= 15 is 0 Å². The Morgan fingerprint density at radius 2 is 2.00 bits per heavy atom. The van der Waals surface area contributed by atoms with Crippen LogP contribution in [0.3, 0.4) is 0 Å². The smallest absolute Gasteiger partial charge is 0.330 e. The lowest BCUT2D eigenvalue weighted by Crippen LogP contribution is -2.66. The molecule has 1 amide bonds. The van der Waals surface area contributed by atoms with Crippen LogP contribution in [0.15, 0.2) is 30.3 Å². The Kier molecular flexibility index (Phi) is 3.91. The highest BCUT2D eigenvalue weighted by Crippen LogP contribution is 2.51. The number of esters is 1. The fourth-order valence-electron chi connectivity index (χ4n) is 2.98. The first-order chi connectivity index (χ1) is 10.5. The summed E-state index contributed by atoms with van der Waals surface area (Å²) in [6, 6.07) is 8.95. The minimum atomic E-state index is -0.565. The van der Waals surface area contributed by atoms with E-state index in [1.165, 1.54) is 7.11 Å². The van der Waals surface area contributed by atoms with Crippen molar-refractivity contribution in [2.24, 2.45) is 0 Å². The molecule has 1 aromatic rings. The van der Waals surface area contributed by atoms with Crippen molar-refractivity contribution in [1.82, 2.24) is 4.90 Å². The molecule has 0 spiro atoms. The lowest BCUT2D eigenvalue weighted by Gasteiger charge is -2.42. The van der Waals surface area contributed by atoms with E-state index < -0.39 is 12.1 Å². The van der Waals surface area contributed by atoms with Gasteiger partial charge >= 0.3 is 5.97 Å². The second kappa shape index (κ2) is 5.59. The Bertz CT molecular complexity index is 589. The minimum Gasteiger partial charge on any atom is -0.459 e. The molecular formula is C16H19NO4S. The molecule has 6 heteroatoms. The zero-order valence-corrected chi connectivity index (χ0v) is 13.6. The molecule has 0 saturated carbocycles. The van der Waals surface area contributed by atoms with E-state index in [0.717, 1.165) is 5.56 Å². The third-order valence-corrected chi connectivity index (χ3v) is 5.64. The predicted octanol–water partition coefficient (Wildman–Crippen LogP) is 1.81. The van der Waals surface area contributed by atoms with E-state index in [-0.39, 0.29) is 28.6 Å². The first kappa shape index (κ1) is 15.4. The Morgan fingerprint density at radius 3 is 2.64 bits per heavy atom. The lowest BCUT2D eigenvalue weighted by molar-refractivity contribution is -0.175. The summed E-state index contributed by atoms with van der Waals surface area (Å²) in [5.41, 5.74) is 0.931. The number of benzene rings is 1. The SMILES string of the molecule is CO[C@@H]1C(=O)N2[C@@H]1SC(C)(C)[C@@H]2C(=O)OCc1ccccc1. The summed E-state index contributed by atoms with van der Waals surface area (Å²) in [4.78, 5) is 26.2. The Balaban J connectivity index is 1.70. The summed E-state index contributed by atoms with van der Waals surface area (Å²) in [6.07, 6.45) is -0.448. The molecule has 1 aromatic carbocycles. The summed E-state index contributed by atoms with van der Waals surface area (Å²) in [5, 5.41) is -0.0956. The maximum atomic E-state index is 12.5. The van der Waals surface area contributed by atoms with Gasteiger partial charge in [0.05, 0.1) is 0 Å². The quantitative estimate of drug-likeness (QED) is 0.625. The molecule has 0 radical (unpaired) electrons. The Labute approximate surface area is 134 Å². The zero-order chi connectivity index (χ0) is 15.9. The van der Waals surface area contributed by atoms with E-state index in [9.17, 15) is 9.59 Å². The number of thioether (sulfide) groups is 1. The van der Waals surface area contributed by atoms with Gasteiger partial charge in [0.15, 0.2) is 6.10 Å². The molecule has 0 N–H and O–H groups in total. The second-order valence-electron chi connectivity index (χ2n) is 6.01. The molecule has 0 aliphatic carbocycles. The van der Waals surface area contributed by atoms with Crippen LogP contribution in [0.5, 0.6) is 0 Å². The van der Waals surface area contributed by atoms with E-state index in [4.69, 9.17) is 9.47 Å². The zero-order valence-electron chi connectivity index (χ0n) is 12.8.